The van der Waals surface area contributed by atoms with E-state index in [-0.39, 0.29) is 5.37 Å². The second-order valence-electron chi connectivity index (χ2n) is 5.26. The number of hydrogen-bond acceptors (Lipinski definition) is 2. The number of anilines is 1. The molecule has 0 bridgehead atoms. The minimum absolute atomic E-state index is 0.253. The minimum atomic E-state index is 0.253. The number of aryl methyl sites for hydroxylation is 1. The summed E-state index contributed by atoms with van der Waals surface area (Å²) in [4.78, 5) is 2.24. The van der Waals surface area contributed by atoms with Crippen molar-refractivity contribution >= 4 is 46.4 Å². The van der Waals surface area contributed by atoms with Crippen LogP contribution in [-0.4, -0.2) is 22.3 Å². The summed E-state index contributed by atoms with van der Waals surface area (Å²) in [6.45, 7) is 3.03. The summed E-state index contributed by atoms with van der Waals surface area (Å²) in [5, 5.41) is 5.13. The van der Waals surface area contributed by atoms with E-state index >= 15 is 0 Å². The zero-order valence-corrected chi connectivity index (χ0v) is 14.6. The summed E-state index contributed by atoms with van der Waals surface area (Å²) in [5.74, 6) is 1.07. The Balaban J connectivity index is 1.73. The van der Waals surface area contributed by atoms with E-state index in [2.05, 4.69) is 53.5 Å². The fourth-order valence-electron chi connectivity index (χ4n) is 2.41. The van der Waals surface area contributed by atoms with Gasteiger partial charge < -0.3 is 10.2 Å². The first-order valence-corrected chi connectivity index (χ1v) is 8.98. The summed E-state index contributed by atoms with van der Waals surface area (Å²) in [6.07, 6.45) is 0. The third kappa shape index (κ3) is 3.57. The Morgan fingerprint density at radius 2 is 1.86 bits per heavy atom. The number of nitrogens with zero attached hydrogens (tertiary/aromatic N) is 1. The third-order valence-electron chi connectivity index (χ3n) is 3.61. The molecule has 5 heteroatoms. The molecular weight excluding hydrogens is 332 g/mol. The molecule has 2 nitrogen and oxygen atoms in total. The van der Waals surface area contributed by atoms with Crippen LogP contribution in [0.1, 0.15) is 16.5 Å². The summed E-state index contributed by atoms with van der Waals surface area (Å²) >= 11 is 13.5. The minimum Gasteiger partial charge on any atom is -0.333 e. The van der Waals surface area contributed by atoms with Crippen molar-refractivity contribution in [2.75, 3.05) is 17.6 Å². The van der Waals surface area contributed by atoms with Gasteiger partial charge in [-0.15, -0.1) is 11.8 Å². The van der Waals surface area contributed by atoms with E-state index in [1.807, 2.05) is 23.9 Å². The van der Waals surface area contributed by atoms with Crippen LogP contribution in [0.2, 0.25) is 5.02 Å². The molecule has 1 fully saturated rings. The quantitative estimate of drug-likeness (QED) is 0.760. The summed E-state index contributed by atoms with van der Waals surface area (Å²) in [6, 6.07) is 16.3. The van der Waals surface area contributed by atoms with E-state index in [0.717, 1.165) is 28.1 Å². The molecule has 0 aliphatic carbocycles. The molecule has 0 saturated carbocycles. The van der Waals surface area contributed by atoms with Crippen LogP contribution in [0, 0.1) is 6.92 Å². The van der Waals surface area contributed by atoms with Crippen LogP contribution in [0.3, 0.4) is 0 Å². The molecule has 1 aliphatic rings. The summed E-state index contributed by atoms with van der Waals surface area (Å²) in [7, 11) is 0. The largest absolute Gasteiger partial charge is 0.333 e. The highest BCUT2D eigenvalue weighted by molar-refractivity contribution is 7.99. The van der Waals surface area contributed by atoms with Gasteiger partial charge in [0.15, 0.2) is 5.11 Å². The zero-order valence-electron chi connectivity index (χ0n) is 12.3. The lowest BCUT2D eigenvalue weighted by Crippen LogP contribution is -2.34. The molecule has 0 spiro atoms. The molecule has 2 aromatic carbocycles. The Hall–Kier alpha value is -1.23. The van der Waals surface area contributed by atoms with Crippen molar-refractivity contribution in [2.24, 2.45) is 0 Å². The molecule has 1 N–H and O–H groups in total. The number of thiocarbonyl (C=S) groups is 1. The number of hydrogen-bond donors (Lipinski definition) is 1. The van der Waals surface area contributed by atoms with Crippen molar-refractivity contribution < 1.29 is 0 Å². The molecule has 0 aromatic heterocycles. The lowest BCUT2D eigenvalue weighted by atomic mass is 10.2. The average Bonchev–Trinajstić information content (AvgIpc) is 3.00. The molecule has 3 rings (SSSR count). The zero-order chi connectivity index (χ0) is 15.5. The number of halogens is 1. The van der Waals surface area contributed by atoms with Crippen molar-refractivity contribution in [1.29, 1.82) is 0 Å². The van der Waals surface area contributed by atoms with Crippen LogP contribution in [0.25, 0.3) is 0 Å². The van der Waals surface area contributed by atoms with E-state index in [9.17, 15) is 0 Å². The number of nitrogens with one attached hydrogen (secondary N) is 1. The van der Waals surface area contributed by atoms with Crippen LogP contribution in [-0.2, 0) is 0 Å². The molecule has 22 heavy (non-hydrogen) atoms. The van der Waals surface area contributed by atoms with Crippen LogP contribution in [0.5, 0.6) is 0 Å². The molecule has 1 aliphatic heterocycles. The highest BCUT2D eigenvalue weighted by Gasteiger charge is 2.28. The highest BCUT2D eigenvalue weighted by atomic mass is 35.5. The van der Waals surface area contributed by atoms with Gasteiger partial charge in [0.1, 0.15) is 5.37 Å². The van der Waals surface area contributed by atoms with Crippen molar-refractivity contribution in [1.82, 2.24) is 4.90 Å². The predicted octanol–water partition coefficient (Wildman–Crippen LogP) is 5.09. The fourth-order valence-corrected chi connectivity index (χ4v) is 4.19. The van der Waals surface area contributed by atoms with E-state index in [1.165, 1.54) is 11.1 Å². The van der Waals surface area contributed by atoms with Gasteiger partial charge in [0, 0.05) is 23.0 Å². The molecule has 0 radical (unpaired) electrons. The van der Waals surface area contributed by atoms with Crippen molar-refractivity contribution in [3.05, 3.63) is 64.7 Å². The molecule has 1 heterocycles. The molecule has 2 aromatic rings. The van der Waals surface area contributed by atoms with Gasteiger partial charge in [-0.25, -0.2) is 0 Å². The summed E-state index contributed by atoms with van der Waals surface area (Å²) in [5.41, 5.74) is 3.51. The monoisotopic (exact) mass is 348 g/mol. The van der Waals surface area contributed by atoms with E-state index in [0.29, 0.717) is 0 Å². The Labute approximate surface area is 145 Å². The van der Waals surface area contributed by atoms with Gasteiger partial charge in [-0.3, -0.25) is 0 Å². The van der Waals surface area contributed by atoms with Gasteiger partial charge in [0.2, 0.25) is 0 Å². The molecular formula is C17H17ClN2S2. The molecule has 0 unspecified atom stereocenters. The van der Waals surface area contributed by atoms with Gasteiger partial charge >= 0.3 is 0 Å². The lowest BCUT2D eigenvalue weighted by Gasteiger charge is -2.27. The smallest absolute Gasteiger partial charge is 0.174 e. The first-order valence-electron chi connectivity index (χ1n) is 7.15. The van der Waals surface area contributed by atoms with Crippen molar-refractivity contribution in [2.45, 2.75) is 12.3 Å². The first-order chi connectivity index (χ1) is 10.6. The molecule has 0 amide bonds. The molecule has 1 atom stereocenters. The standard InChI is InChI=1S/C17H17ClN2S2/c1-12-2-8-15(9-3-12)19-17(21)20-10-11-22-16(20)13-4-6-14(18)7-5-13/h2-9,16H,10-11H2,1H3,(H,19,21)/t16-/m0/s1. The van der Waals surface area contributed by atoms with Crippen LogP contribution in [0.15, 0.2) is 48.5 Å². The van der Waals surface area contributed by atoms with Crippen molar-refractivity contribution in [3.63, 3.8) is 0 Å². The molecule has 114 valence electrons. The lowest BCUT2D eigenvalue weighted by molar-refractivity contribution is 0.458. The Morgan fingerprint density at radius 1 is 1.18 bits per heavy atom. The van der Waals surface area contributed by atoms with Crippen LogP contribution in [0.4, 0.5) is 5.69 Å². The maximum absolute atomic E-state index is 5.98. The third-order valence-corrected chi connectivity index (χ3v) is 5.46. The number of thioether (sulfide) groups is 1. The van der Waals surface area contributed by atoms with E-state index in [1.54, 1.807) is 0 Å². The average molecular weight is 349 g/mol. The topological polar surface area (TPSA) is 15.3 Å². The second-order valence-corrected chi connectivity index (χ2v) is 7.28. The van der Waals surface area contributed by atoms with Crippen molar-refractivity contribution in [3.8, 4) is 0 Å². The first kappa shape index (κ1) is 15.7. The number of benzene rings is 2. The maximum Gasteiger partial charge on any atom is 0.174 e. The van der Waals surface area contributed by atoms with E-state index < -0.39 is 0 Å². The van der Waals surface area contributed by atoms with Crippen LogP contribution >= 0.6 is 35.6 Å². The summed E-state index contributed by atoms with van der Waals surface area (Å²) < 4.78 is 0. The van der Waals surface area contributed by atoms with Gasteiger partial charge in [-0.05, 0) is 49.0 Å². The highest BCUT2D eigenvalue weighted by Crippen LogP contribution is 2.38. The number of rotatable bonds is 2. The molecule has 1 saturated heterocycles. The second kappa shape index (κ2) is 6.90. The Bertz CT molecular complexity index is 655. The SMILES string of the molecule is Cc1ccc(NC(=S)N2CCS[C@H]2c2ccc(Cl)cc2)cc1. The Kier molecular flexibility index (Phi) is 4.91. The van der Waals surface area contributed by atoms with Gasteiger partial charge in [-0.1, -0.05) is 41.4 Å². The van der Waals surface area contributed by atoms with Gasteiger partial charge in [-0.2, -0.15) is 0 Å². The van der Waals surface area contributed by atoms with Gasteiger partial charge in [0.05, 0.1) is 0 Å². The normalized spacial score (nSPS) is 17.5. The van der Waals surface area contributed by atoms with E-state index in [4.69, 9.17) is 23.8 Å². The van der Waals surface area contributed by atoms with Gasteiger partial charge in [0.25, 0.3) is 0 Å². The predicted molar refractivity (Wildman–Crippen MR) is 101 cm³/mol. The fraction of sp³-hybridized carbons (Fsp3) is 0.235. The maximum atomic E-state index is 5.98. The Morgan fingerprint density at radius 3 is 2.55 bits per heavy atom. The van der Waals surface area contributed by atoms with Crippen LogP contribution < -0.4 is 5.32 Å².